The monoisotopic (exact) mass is 1070 g/mol. The number of rotatable bonds is 24. The molecule has 14 N–H and O–H groups in total. The molecule has 0 bridgehead atoms. The summed E-state index contributed by atoms with van der Waals surface area (Å²) in [5.41, 5.74) is 0.313. The van der Waals surface area contributed by atoms with Crippen LogP contribution >= 0.6 is 0 Å². The van der Waals surface area contributed by atoms with Gasteiger partial charge in [-0.2, -0.15) is 46.7 Å². The minimum Gasteiger partial charge on any atom is -0.395 e. The highest BCUT2D eigenvalue weighted by Gasteiger charge is 2.21. The van der Waals surface area contributed by atoms with Crippen molar-refractivity contribution in [2.75, 3.05) is 83.7 Å². The zero-order chi connectivity index (χ0) is 52.4. The van der Waals surface area contributed by atoms with Crippen molar-refractivity contribution in [2.45, 2.75) is 19.6 Å². The van der Waals surface area contributed by atoms with E-state index < -0.39 is 50.1 Å². The minimum absolute atomic E-state index is 0.000871. The smallest absolute Gasteiger partial charge is 0.295 e. The Morgan fingerprint density at radius 3 is 0.972 bits per heavy atom. The molecule has 28 nitrogen and oxygen atoms in total. The zero-order valence-electron chi connectivity index (χ0n) is 37.2. The molecule has 2 heterocycles. The normalized spacial score (nSPS) is 12.2. The van der Waals surface area contributed by atoms with E-state index in [1.807, 2.05) is 0 Å². The summed E-state index contributed by atoms with van der Waals surface area (Å²) >= 11 is 0. The first-order valence-corrected chi connectivity index (χ1v) is 26.6. The van der Waals surface area contributed by atoms with E-state index in [0.29, 0.717) is 11.4 Å². The number of nitrogens with zero attached hydrogens (tertiary/aromatic N) is 8. The van der Waals surface area contributed by atoms with Crippen molar-refractivity contribution < 1.29 is 63.2 Å². The molecule has 0 unspecified atom stereocenters. The molecule has 0 aliphatic carbocycles. The molecule has 0 aliphatic heterocycles. The lowest BCUT2D eigenvalue weighted by atomic mass is 10.1. The second-order valence-electron chi connectivity index (χ2n) is 14.9. The van der Waals surface area contributed by atoms with Crippen molar-refractivity contribution in [3.05, 3.63) is 96.1 Å². The van der Waals surface area contributed by atoms with Crippen LogP contribution in [-0.4, -0.2) is 146 Å². The standard InChI is InChI=1S/C40H46N14O14S4/c41-69(59,60)31-11-7-27(8-12-31)43-35-47-37(51-39(49-35)53(15-19-55)16-20-56)45-29-5-3-25(33(23-29)71(63,64)65)1-2-26-4-6-30(24-34(26)72(66,67)68)46-38-48-36(50-40(52-38)54(17-21-57)18-22-58)44-28-9-13-32(14-10-28)70(42,61)62/h1-14,23-24,55-58H,15-22H2,(H2,41,59,60)(H2,42,61,62)(H,63,64,65)(H,66,67,68)(H2,43,45,47,49,51)(H2,44,46,48,50,52)/b2-1+. The lowest BCUT2D eigenvalue weighted by Crippen LogP contribution is -2.31. The van der Waals surface area contributed by atoms with Crippen LogP contribution in [0.4, 0.5) is 58.4 Å². The highest BCUT2D eigenvalue weighted by atomic mass is 32.2. The molecule has 72 heavy (non-hydrogen) atoms. The lowest BCUT2D eigenvalue weighted by Gasteiger charge is -2.21. The van der Waals surface area contributed by atoms with Gasteiger partial charge >= 0.3 is 0 Å². The van der Waals surface area contributed by atoms with Crippen LogP contribution in [0.3, 0.4) is 0 Å². The number of hydrogen-bond donors (Lipinski definition) is 12. The third-order valence-electron chi connectivity index (χ3n) is 9.71. The number of aliphatic hydroxyl groups excluding tert-OH is 4. The Labute approximate surface area is 411 Å². The van der Waals surface area contributed by atoms with Crippen LogP contribution in [0.1, 0.15) is 11.1 Å². The average Bonchev–Trinajstić information content (AvgIpc) is 3.30. The Hall–Kier alpha value is -7.08. The van der Waals surface area contributed by atoms with E-state index in [4.69, 9.17) is 10.3 Å². The highest BCUT2D eigenvalue weighted by Crippen LogP contribution is 2.30. The van der Waals surface area contributed by atoms with Crippen LogP contribution in [0.25, 0.3) is 12.2 Å². The van der Waals surface area contributed by atoms with Crippen LogP contribution in [-0.2, 0) is 40.3 Å². The van der Waals surface area contributed by atoms with Gasteiger partial charge in [0, 0.05) is 48.9 Å². The molecule has 0 radical (unpaired) electrons. The number of nitrogens with one attached hydrogen (secondary N) is 4. The maximum atomic E-state index is 12.8. The minimum atomic E-state index is -5.01. The summed E-state index contributed by atoms with van der Waals surface area (Å²) < 4.78 is 119. The van der Waals surface area contributed by atoms with Gasteiger partial charge in [0.15, 0.2) is 0 Å². The van der Waals surface area contributed by atoms with E-state index in [0.717, 1.165) is 24.3 Å². The molecule has 6 rings (SSSR count). The van der Waals surface area contributed by atoms with E-state index in [1.165, 1.54) is 82.6 Å². The average molecular weight is 1080 g/mol. The van der Waals surface area contributed by atoms with Crippen LogP contribution in [0.2, 0.25) is 0 Å². The molecule has 0 spiro atoms. The topological polar surface area (TPSA) is 442 Å². The number of primary sulfonamides is 2. The summed E-state index contributed by atoms with van der Waals surface area (Å²) in [6.07, 6.45) is 2.30. The summed E-state index contributed by atoms with van der Waals surface area (Å²) in [4.78, 5) is 27.1. The van der Waals surface area contributed by atoms with Gasteiger partial charge in [0.1, 0.15) is 9.79 Å². The molecule has 0 atom stereocenters. The van der Waals surface area contributed by atoms with E-state index in [2.05, 4.69) is 51.2 Å². The van der Waals surface area contributed by atoms with Crippen molar-refractivity contribution in [1.82, 2.24) is 29.9 Å². The van der Waals surface area contributed by atoms with Crippen molar-refractivity contribution in [2.24, 2.45) is 10.3 Å². The summed E-state index contributed by atoms with van der Waals surface area (Å²) in [5, 5.41) is 60.4. The SMILES string of the molecule is NS(=O)(=O)c1ccc(Nc2nc(Nc3ccc(/C=C/c4ccc(Nc5nc(Nc6ccc(S(N)(=O)=O)cc6)nc(N(CCO)CCO)n5)cc4S(=O)(=O)O)c(S(=O)(=O)O)c3)nc(N(CCO)CCO)n2)cc1. The first-order valence-electron chi connectivity index (χ1n) is 20.7. The molecule has 0 aliphatic rings. The predicted molar refractivity (Wildman–Crippen MR) is 263 cm³/mol. The number of aromatic nitrogens is 6. The second kappa shape index (κ2) is 23.0. The maximum absolute atomic E-state index is 12.8. The van der Waals surface area contributed by atoms with Crippen LogP contribution < -0.4 is 41.3 Å². The van der Waals surface area contributed by atoms with E-state index >= 15 is 0 Å². The van der Waals surface area contributed by atoms with Gasteiger partial charge in [0.25, 0.3) is 20.2 Å². The zero-order valence-corrected chi connectivity index (χ0v) is 40.5. The van der Waals surface area contributed by atoms with Gasteiger partial charge < -0.3 is 51.5 Å². The Morgan fingerprint density at radius 2 is 0.708 bits per heavy atom. The van der Waals surface area contributed by atoms with Gasteiger partial charge in [-0.3, -0.25) is 9.11 Å². The highest BCUT2D eigenvalue weighted by molar-refractivity contribution is 7.89. The van der Waals surface area contributed by atoms with Gasteiger partial charge in [-0.05, 0) is 83.9 Å². The number of sulfonamides is 2. The fourth-order valence-electron chi connectivity index (χ4n) is 6.44. The molecule has 32 heteroatoms. The summed E-state index contributed by atoms with van der Waals surface area (Å²) in [5.74, 6) is -0.753. The molecule has 0 amide bonds. The number of anilines is 10. The van der Waals surface area contributed by atoms with E-state index in [9.17, 15) is 63.2 Å². The maximum Gasteiger partial charge on any atom is 0.295 e. The number of benzene rings is 4. The molecule has 0 fully saturated rings. The summed E-state index contributed by atoms with van der Waals surface area (Å²) in [7, 11) is -18.0. The Balaban J connectivity index is 1.31. The first kappa shape index (κ1) is 54.3. The van der Waals surface area contributed by atoms with E-state index in [-0.39, 0.29) is 121 Å². The summed E-state index contributed by atoms with van der Waals surface area (Å²) in [6.45, 7) is -1.56. The fraction of sp³-hybridized carbons (Fsp3) is 0.200. The van der Waals surface area contributed by atoms with Gasteiger partial charge in [-0.25, -0.2) is 27.1 Å². The molecule has 384 valence electrons. The molecule has 0 saturated heterocycles. The van der Waals surface area contributed by atoms with Crippen molar-refractivity contribution >= 4 is 111 Å². The van der Waals surface area contributed by atoms with E-state index in [1.54, 1.807) is 0 Å². The molecule has 6 aromatic rings. The predicted octanol–water partition coefficient (Wildman–Crippen LogP) is 0.572. The summed E-state index contributed by atoms with van der Waals surface area (Å²) in [6, 6.07) is 17.7. The van der Waals surface area contributed by atoms with Crippen molar-refractivity contribution in [3.8, 4) is 0 Å². The third kappa shape index (κ3) is 14.7. The van der Waals surface area contributed by atoms with Crippen LogP contribution in [0.15, 0.2) is 105 Å². The lowest BCUT2D eigenvalue weighted by molar-refractivity contribution is 0.279. The Kier molecular flexibility index (Phi) is 17.3. The van der Waals surface area contributed by atoms with Gasteiger partial charge in [-0.15, -0.1) is 0 Å². The molecular weight excluding hydrogens is 1030 g/mol. The molecule has 2 aromatic heterocycles. The van der Waals surface area contributed by atoms with Gasteiger partial charge in [-0.1, -0.05) is 24.3 Å². The van der Waals surface area contributed by atoms with Crippen LogP contribution in [0.5, 0.6) is 0 Å². The number of hydrogen-bond acceptors (Lipinski definition) is 24. The fourth-order valence-corrected chi connectivity index (χ4v) is 8.89. The number of nitrogens with two attached hydrogens (primary N) is 2. The molecular formula is C40H46N14O14S4. The quantitative estimate of drug-likeness (QED) is 0.0291. The Morgan fingerprint density at radius 1 is 0.431 bits per heavy atom. The Bertz CT molecular complexity index is 3160. The second-order valence-corrected chi connectivity index (χ2v) is 20.8. The van der Waals surface area contributed by atoms with Gasteiger partial charge in [0.05, 0.1) is 36.2 Å². The first-order chi connectivity index (χ1) is 34.0. The van der Waals surface area contributed by atoms with Crippen molar-refractivity contribution in [1.29, 1.82) is 0 Å². The van der Waals surface area contributed by atoms with Gasteiger partial charge in [0.2, 0.25) is 55.7 Å². The molecule has 4 aromatic carbocycles. The number of aliphatic hydroxyl groups is 4. The van der Waals surface area contributed by atoms with Crippen molar-refractivity contribution in [3.63, 3.8) is 0 Å². The third-order valence-corrected chi connectivity index (χ3v) is 13.4. The largest absolute Gasteiger partial charge is 0.395 e. The molecule has 0 saturated carbocycles. The van der Waals surface area contributed by atoms with Crippen LogP contribution in [0, 0.1) is 0 Å².